The highest BCUT2D eigenvalue weighted by atomic mass is 16.5. The van der Waals surface area contributed by atoms with Crippen LogP contribution >= 0.6 is 0 Å². The van der Waals surface area contributed by atoms with Gasteiger partial charge in [0.1, 0.15) is 5.69 Å². The Labute approximate surface area is 82.1 Å². The van der Waals surface area contributed by atoms with E-state index in [1.165, 1.54) is 0 Å². The van der Waals surface area contributed by atoms with Gasteiger partial charge >= 0.3 is 0 Å². The van der Waals surface area contributed by atoms with Gasteiger partial charge in [-0.05, 0) is 19.3 Å². The van der Waals surface area contributed by atoms with Gasteiger partial charge in [0, 0.05) is 7.11 Å². The minimum absolute atomic E-state index is 0.205. The van der Waals surface area contributed by atoms with Gasteiger partial charge in [0.05, 0.1) is 18.3 Å². The molecule has 2 unspecified atom stereocenters. The van der Waals surface area contributed by atoms with Gasteiger partial charge in [0.15, 0.2) is 6.29 Å². The molecule has 5 heteroatoms. The van der Waals surface area contributed by atoms with E-state index in [4.69, 9.17) is 4.74 Å². The molecule has 0 amide bonds. The second-order valence-corrected chi connectivity index (χ2v) is 3.51. The van der Waals surface area contributed by atoms with Crippen molar-refractivity contribution in [1.82, 2.24) is 15.0 Å². The average molecular weight is 195 g/mol. The third-order valence-electron chi connectivity index (χ3n) is 2.71. The van der Waals surface area contributed by atoms with Crippen molar-refractivity contribution in [2.75, 3.05) is 7.11 Å². The lowest BCUT2D eigenvalue weighted by atomic mass is 10.2. The van der Waals surface area contributed by atoms with E-state index in [2.05, 4.69) is 10.3 Å². The highest BCUT2D eigenvalue weighted by molar-refractivity contribution is 5.70. The lowest BCUT2D eigenvalue weighted by Gasteiger charge is -2.17. The summed E-state index contributed by atoms with van der Waals surface area (Å²) < 4.78 is 7.09. The van der Waals surface area contributed by atoms with Gasteiger partial charge in [-0.25, -0.2) is 4.68 Å². The number of rotatable bonds is 3. The van der Waals surface area contributed by atoms with E-state index in [0.717, 1.165) is 19.3 Å². The molecule has 5 nitrogen and oxygen atoms in total. The van der Waals surface area contributed by atoms with Crippen LogP contribution in [0.4, 0.5) is 0 Å². The van der Waals surface area contributed by atoms with E-state index in [9.17, 15) is 4.79 Å². The van der Waals surface area contributed by atoms with Crippen LogP contribution in [0.25, 0.3) is 0 Å². The highest BCUT2D eigenvalue weighted by Gasteiger charge is 2.29. The number of hydrogen-bond donors (Lipinski definition) is 0. The number of carbonyl (C=O) groups is 1. The first-order chi connectivity index (χ1) is 6.85. The number of aromatic nitrogens is 3. The van der Waals surface area contributed by atoms with Crippen molar-refractivity contribution in [2.45, 2.75) is 31.4 Å². The summed E-state index contributed by atoms with van der Waals surface area (Å²) in [5.41, 5.74) is 0.381. The Hall–Kier alpha value is -1.23. The molecule has 2 rings (SSSR count). The van der Waals surface area contributed by atoms with Crippen LogP contribution in [0.5, 0.6) is 0 Å². The smallest absolute Gasteiger partial charge is 0.171 e. The van der Waals surface area contributed by atoms with Crippen molar-refractivity contribution in [3.63, 3.8) is 0 Å². The molecular formula is C9H13N3O2. The first kappa shape index (κ1) is 9.33. The fourth-order valence-electron chi connectivity index (χ4n) is 1.99. The van der Waals surface area contributed by atoms with Crippen molar-refractivity contribution in [3.05, 3.63) is 11.9 Å². The van der Waals surface area contributed by atoms with Crippen LogP contribution in [0.1, 0.15) is 35.8 Å². The SMILES string of the molecule is COC1CCCC1n1cc(C=O)nn1. The molecule has 1 fully saturated rings. The number of hydrogen-bond acceptors (Lipinski definition) is 4. The lowest BCUT2D eigenvalue weighted by molar-refractivity contribution is 0.0702. The Kier molecular flexibility index (Phi) is 2.58. The monoisotopic (exact) mass is 195 g/mol. The van der Waals surface area contributed by atoms with E-state index in [1.807, 2.05) is 0 Å². The van der Waals surface area contributed by atoms with E-state index in [1.54, 1.807) is 18.0 Å². The van der Waals surface area contributed by atoms with Crippen LogP contribution in [0.2, 0.25) is 0 Å². The predicted octanol–water partition coefficient (Wildman–Crippen LogP) is 0.831. The van der Waals surface area contributed by atoms with Crippen molar-refractivity contribution in [3.8, 4) is 0 Å². The Bertz CT molecular complexity index is 324. The molecule has 1 aliphatic rings. The molecule has 0 N–H and O–H groups in total. The minimum Gasteiger partial charge on any atom is -0.379 e. The van der Waals surface area contributed by atoms with Gasteiger partial charge in [-0.1, -0.05) is 5.21 Å². The summed E-state index contributed by atoms with van der Waals surface area (Å²) in [5.74, 6) is 0. The average Bonchev–Trinajstić information content (AvgIpc) is 2.85. The van der Waals surface area contributed by atoms with Crippen molar-refractivity contribution >= 4 is 6.29 Å². The quantitative estimate of drug-likeness (QED) is 0.670. The molecule has 0 saturated heterocycles. The Morgan fingerprint density at radius 3 is 3.14 bits per heavy atom. The maximum absolute atomic E-state index is 10.4. The van der Waals surface area contributed by atoms with Crippen LogP contribution in [0, 0.1) is 0 Å². The van der Waals surface area contributed by atoms with Crippen LogP contribution in [-0.2, 0) is 4.74 Å². The second-order valence-electron chi connectivity index (χ2n) is 3.51. The molecule has 1 aromatic heterocycles. The molecule has 14 heavy (non-hydrogen) atoms. The third-order valence-corrected chi connectivity index (χ3v) is 2.71. The standard InChI is InChI=1S/C9H13N3O2/c1-14-9-4-2-3-8(9)12-5-7(6-13)10-11-12/h5-6,8-9H,2-4H2,1H3. The second kappa shape index (κ2) is 3.88. The number of aldehydes is 1. The highest BCUT2D eigenvalue weighted by Crippen LogP contribution is 2.31. The molecule has 0 aliphatic heterocycles. The largest absolute Gasteiger partial charge is 0.379 e. The topological polar surface area (TPSA) is 57.0 Å². The molecule has 1 heterocycles. The fraction of sp³-hybridized carbons (Fsp3) is 0.667. The lowest BCUT2D eigenvalue weighted by Crippen LogP contribution is -2.21. The molecule has 1 aliphatic carbocycles. The number of ether oxygens (including phenoxy) is 1. The Morgan fingerprint density at radius 1 is 1.64 bits per heavy atom. The normalized spacial score (nSPS) is 26.6. The van der Waals surface area contributed by atoms with E-state index in [0.29, 0.717) is 12.0 Å². The molecule has 0 aromatic carbocycles. The first-order valence-electron chi connectivity index (χ1n) is 4.75. The summed E-state index contributed by atoms with van der Waals surface area (Å²) in [5, 5.41) is 7.66. The Balaban J connectivity index is 2.17. The van der Waals surface area contributed by atoms with Gasteiger partial charge in [0.2, 0.25) is 0 Å². The zero-order valence-electron chi connectivity index (χ0n) is 8.09. The predicted molar refractivity (Wildman–Crippen MR) is 49.1 cm³/mol. The summed E-state index contributed by atoms with van der Waals surface area (Å²) in [6.07, 6.45) is 5.82. The van der Waals surface area contributed by atoms with Crippen LogP contribution < -0.4 is 0 Å². The maximum atomic E-state index is 10.4. The van der Waals surface area contributed by atoms with Crippen LogP contribution in [-0.4, -0.2) is 34.5 Å². The molecule has 0 spiro atoms. The zero-order chi connectivity index (χ0) is 9.97. The summed E-state index contributed by atoms with van der Waals surface area (Å²) in [6.45, 7) is 0. The van der Waals surface area contributed by atoms with Gasteiger partial charge in [-0.3, -0.25) is 4.79 Å². The van der Waals surface area contributed by atoms with E-state index >= 15 is 0 Å². The number of nitrogens with zero attached hydrogens (tertiary/aromatic N) is 3. The molecule has 0 bridgehead atoms. The van der Waals surface area contributed by atoms with Gasteiger partial charge in [0.25, 0.3) is 0 Å². The molecule has 76 valence electrons. The minimum atomic E-state index is 0.205. The van der Waals surface area contributed by atoms with Crippen molar-refractivity contribution < 1.29 is 9.53 Å². The van der Waals surface area contributed by atoms with E-state index < -0.39 is 0 Å². The van der Waals surface area contributed by atoms with Crippen molar-refractivity contribution in [2.24, 2.45) is 0 Å². The molecule has 2 atom stereocenters. The molecule has 0 radical (unpaired) electrons. The summed E-state index contributed by atoms with van der Waals surface area (Å²) in [6, 6.07) is 0.237. The first-order valence-corrected chi connectivity index (χ1v) is 4.75. The van der Waals surface area contributed by atoms with Gasteiger partial charge in [-0.15, -0.1) is 5.10 Å². The maximum Gasteiger partial charge on any atom is 0.171 e. The van der Waals surface area contributed by atoms with E-state index in [-0.39, 0.29) is 12.1 Å². The third kappa shape index (κ3) is 1.55. The molecule has 1 aromatic rings. The fourth-order valence-corrected chi connectivity index (χ4v) is 1.99. The molecule has 1 saturated carbocycles. The summed E-state index contributed by atoms with van der Waals surface area (Å²) in [7, 11) is 1.71. The van der Waals surface area contributed by atoms with Crippen molar-refractivity contribution in [1.29, 1.82) is 0 Å². The van der Waals surface area contributed by atoms with Gasteiger partial charge < -0.3 is 4.74 Å². The van der Waals surface area contributed by atoms with Gasteiger partial charge in [-0.2, -0.15) is 0 Å². The van der Waals surface area contributed by atoms with Crippen LogP contribution in [0.3, 0.4) is 0 Å². The Morgan fingerprint density at radius 2 is 2.50 bits per heavy atom. The summed E-state index contributed by atoms with van der Waals surface area (Å²) in [4.78, 5) is 10.4. The zero-order valence-corrected chi connectivity index (χ0v) is 8.09. The molecular weight excluding hydrogens is 182 g/mol. The number of methoxy groups -OCH3 is 1. The summed E-state index contributed by atoms with van der Waals surface area (Å²) >= 11 is 0. The van der Waals surface area contributed by atoms with Crippen LogP contribution in [0.15, 0.2) is 6.20 Å². The number of carbonyl (C=O) groups excluding carboxylic acids is 1.